The summed E-state index contributed by atoms with van der Waals surface area (Å²) in [5.74, 6) is 0.311. The van der Waals surface area contributed by atoms with Crippen molar-refractivity contribution in [3.8, 4) is 0 Å². The molecule has 0 bridgehead atoms. The molecule has 1 aromatic rings. The number of carbonyl (C=O) groups excluding carboxylic acids is 1. The molecule has 2 nitrogen and oxygen atoms in total. The maximum Gasteiger partial charge on any atom is 0.237 e. The molecule has 0 saturated heterocycles. The molecular formula is C14H17NO. The highest BCUT2D eigenvalue weighted by Gasteiger charge is 2.50. The highest BCUT2D eigenvalue weighted by atomic mass is 16.2. The van der Waals surface area contributed by atoms with Gasteiger partial charge in [0.15, 0.2) is 0 Å². The van der Waals surface area contributed by atoms with Crippen molar-refractivity contribution in [3.05, 3.63) is 29.3 Å². The Morgan fingerprint density at radius 2 is 1.94 bits per heavy atom. The number of hydrogen-bond donors (Lipinski definition) is 0. The van der Waals surface area contributed by atoms with Crippen LogP contribution in [-0.2, 0) is 10.2 Å². The highest BCUT2D eigenvalue weighted by Crippen LogP contribution is 2.50. The van der Waals surface area contributed by atoms with E-state index in [1.807, 2.05) is 11.9 Å². The summed E-state index contributed by atoms with van der Waals surface area (Å²) in [5.41, 5.74) is 3.49. The van der Waals surface area contributed by atoms with Crippen LogP contribution < -0.4 is 4.90 Å². The van der Waals surface area contributed by atoms with Gasteiger partial charge in [-0.2, -0.15) is 0 Å². The number of benzene rings is 1. The normalized spacial score (nSPS) is 21.9. The van der Waals surface area contributed by atoms with Gasteiger partial charge in [0, 0.05) is 12.7 Å². The molecule has 1 saturated carbocycles. The molecule has 1 amide bonds. The van der Waals surface area contributed by atoms with Gasteiger partial charge in [0.2, 0.25) is 5.91 Å². The smallest absolute Gasteiger partial charge is 0.237 e. The standard InChI is InChI=1S/C14H17NO/c1-10-5-6-12-11(9-10)14(7-3-4-8-14)13(16)15(12)2/h5-6,9H,3-4,7-8H2,1-2H3. The van der Waals surface area contributed by atoms with E-state index in [1.165, 1.54) is 24.0 Å². The van der Waals surface area contributed by atoms with Crippen LogP contribution in [0.15, 0.2) is 18.2 Å². The van der Waals surface area contributed by atoms with Crippen LogP contribution in [0.4, 0.5) is 5.69 Å². The number of aryl methyl sites for hydroxylation is 1. The molecule has 3 rings (SSSR count). The van der Waals surface area contributed by atoms with E-state index in [2.05, 4.69) is 25.1 Å². The fraction of sp³-hybridized carbons (Fsp3) is 0.500. The molecular weight excluding hydrogens is 198 g/mol. The van der Waals surface area contributed by atoms with Crippen LogP contribution in [0.5, 0.6) is 0 Å². The predicted molar refractivity (Wildman–Crippen MR) is 64.7 cm³/mol. The second kappa shape index (κ2) is 3.09. The van der Waals surface area contributed by atoms with Gasteiger partial charge in [0.25, 0.3) is 0 Å². The molecule has 1 aliphatic heterocycles. The quantitative estimate of drug-likeness (QED) is 0.651. The lowest BCUT2D eigenvalue weighted by atomic mass is 9.79. The Kier molecular flexibility index (Phi) is 1.91. The summed E-state index contributed by atoms with van der Waals surface area (Å²) < 4.78 is 0. The van der Waals surface area contributed by atoms with E-state index >= 15 is 0 Å². The molecule has 0 N–H and O–H groups in total. The minimum Gasteiger partial charge on any atom is -0.314 e. The summed E-state index contributed by atoms with van der Waals surface area (Å²) >= 11 is 0. The highest BCUT2D eigenvalue weighted by molar-refractivity contribution is 6.08. The first-order valence-corrected chi connectivity index (χ1v) is 6.04. The third-order valence-corrected chi connectivity index (χ3v) is 4.20. The van der Waals surface area contributed by atoms with Gasteiger partial charge in [-0.3, -0.25) is 4.79 Å². The molecule has 0 atom stereocenters. The number of rotatable bonds is 0. The van der Waals surface area contributed by atoms with Crippen LogP contribution >= 0.6 is 0 Å². The van der Waals surface area contributed by atoms with Crippen molar-refractivity contribution >= 4 is 11.6 Å². The fourth-order valence-electron chi connectivity index (χ4n) is 3.33. The van der Waals surface area contributed by atoms with Crippen molar-refractivity contribution in [2.24, 2.45) is 0 Å². The molecule has 2 heteroatoms. The lowest BCUT2D eigenvalue weighted by Crippen LogP contribution is -2.36. The Hall–Kier alpha value is -1.31. The molecule has 2 aliphatic rings. The summed E-state index contributed by atoms with van der Waals surface area (Å²) in [4.78, 5) is 14.3. The lowest BCUT2D eigenvalue weighted by Gasteiger charge is -2.21. The molecule has 1 aromatic carbocycles. The van der Waals surface area contributed by atoms with E-state index in [1.54, 1.807) is 0 Å². The van der Waals surface area contributed by atoms with Crippen molar-refractivity contribution in [1.82, 2.24) is 0 Å². The molecule has 0 unspecified atom stereocenters. The van der Waals surface area contributed by atoms with Crippen molar-refractivity contribution in [2.75, 3.05) is 11.9 Å². The molecule has 16 heavy (non-hydrogen) atoms. The number of fused-ring (bicyclic) bond motifs is 2. The van der Waals surface area contributed by atoms with Gasteiger partial charge >= 0.3 is 0 Å². The zero-order valence-corrected chi connectivity index (χ0v) is 9.92. The van der Waals surface area contributed by atoms with Crippen molar-refractivity contribution in [2.45, 2.75) is 38.0 Å². The summed E-state index contributed by atoms with van der Waals surface area (Å²) in [6, 6.07) is 6.40. The van der Waals surface area contributed by atoms with Crippen LogP contribution in [0.25, 0.3) is 0 Å². The molecule has 1 aliphatic carbocycles. The fourth-order valence-corrected chi connectivity index (χ4v) is 3.33. The first kappa shape index (κ1) is 9.88. The average Bonchev–Trinajstić information content (AvgIpc) is 2.83. The number of anilines is 1. The first-order chi connectivity index (χ1) is 7.65. The van der Waals surface area contributed by atoms with Crippen molar-refractivity contribution in [3.63, 3.8) is 0 Å². The third kappa shape index (κ3) is 1.05. The molecule has 1 fully saturated rings. The van der Waals surface area contributed by atoms with Gasteiger partial charge in [-0.15, -0.1) is 0 Å². The number of nitrogens with zero attached hydrogens (tertiary/aromatic N) is 1. The Balaban J connectivity index is 2.23. The average molecular weight is 215 g/mol. The van der Waals surface area contributed by atoms with E-state index < -0.39 is 0 Å². The van der Waals surface area contributed by atoms with Gasteiger partial charge in [-0.1, -0.05) is 30.5 Å². The van der Waals surface area contributed by atoms with Crippen molar-refractivity contribution in [1.29, 1.82) is 0 Å². The Labute approximate surface area is 96.3 Å². The number of likely N-dealkylation sites (N-methyl/N-ethyl adjacent to an activating group) is 1. The van der Waals surface area contributed by atoms with Gasteiger partial charge in [0.05, 0.1) is 5.41 Å². The Morgan fingerprint density at radius 3 is 2.62 bits per heavy atom. The minimum atomic E-state index is -0.171. The topological polar surface area (TPSA) is 20.3 Å². The van der Waals surface area contributed by atoms with E-state index in [9.17, 15) is 4.79 Å². The maximum atomic E-state index is 12.4. The minimum absolute atomic E-state index is 0.171. The van der Waals surface area contributed by atoms with Gasteiger partial charge in [-0.05, 0) is 31.4 Å². The first-order valence-electron chi connectivity index (χ1n) is 6.04. The zero-order valence-electron chi connectivity index (χ0n) is 9.92. The van der Waals surface area contributed by atoms with Gasteiger partial charge in [0.1, 0.15) is 0 Å². The predicted octanol–water partition coefficient (Wildman–Crippen LogP) is 2.78. The summed E-state index contributed by atoms with van der Waals surface area (Å²) in [6.45, 7) is 2.10. The monoisotopic (exact) mass is 215 g/mol. The van der Waals surface area contributed by atoms with Crippen LogP contribution in [-0.4, -0.2) is 13.0 Å². The maximum absolute atomic E-state index is 12.4. The number of hydrogen-bond acceptors (Lipinski definition) is 1. The summed E-state index contributed by atoms with van der Waals surface area (Å²) in [5, 5.41) is 0. The molecule has 1 heterocycles. The lowest BCUT2D eigenvalue weighted by molar-refractivity contribution is -0.122. The largest absolute Gasteiger partial charge is 0.314 e. The van der Waals surface area contributed by atoms with Crippen LogP contribution in [0.1, 0.15) is 36.8 Å². The van der Waals surface area contributed by atoms with E-state index in [-0.39, 0.29) is 5.41 Å². The second-order valence-electron chi connectivity index (χ2n) is 5.17. The van der Waals surface area contributed by atoms with E-state index in [0.29, 0.717) is 5.91 Å². The summed E-state index contributed by atoms with van der Waals surface area (Å²) in [6.07, 6.45) is 4.44. The SMILES string of the molecule is Cc1ccc2c(c1)C1(CCCC1)C(=O)N2C. The van der Waals surface area contributed by atoms with Crippen molar-refractivity contribution < 1.29 is 4.79 Å². The van der Waals surface area contributed by atoms with Crippen LogP contribution in [0, 0.1) is 6.92 Å². The molecule has 84 valence electrons. The summed E-state index contributed by atoms with van der Waals surface area (Å²) in [7, 11) is 1.91. The Morgan fingerprint density at radius 1 is 1.25 bits per heavy atom. The Bertz CT molecular complexity index is 458. The third-order valence-electron chi connectivity index (χ3n) is 4.20. The number of amides is 1. The molecule has 0 radical (unpaired) electrons. The van der Waals surface area contributed by atoms with E-state index in [4.69, 9.17) is 0 Å². The van der Waals surface area contributed by atoms with Gasteiger partial charge in [-0.25, -0.2) is 0 Å². The molecule has 1 spiro atoms. The molecule has 0 aromatic heterocycles. The van der Waals surface area contributed by atoms with Crippen LogP contribution in [0.2, 0.25) is 0 Å². The van der Waals surface area contributed by atoms with Gasteiger partial charge < -0.3 is 4.90 Å². The van der Waals surface area contributed by atoms with E-state index in [0.717, 1.165) is 18.5 Å². The second-order valence-corrected chi connectivity index (χ2v) is 5.17. The van der Waals surface area contributed by atoms with Crippen LogP contribution in [0.3, 0.4) is 0 Å². The zero-order chi connectivity index (χ0) is 11.3. The number of carbonyl (C=O) groups is 1.